The molecule has 0 bridgehead atoms. The molecule has 3 fully saturated rings. The van der Waals surface area contributed by atoms with E-state index < -0.39 is 37.0 Å². The SMILES string of the molecule is NC[C@@H]1CCN(C2COC2)C1.O=C(O)[C@@H]1CC(F)(F)CN1C(=O)O. The molecule has 138 valence electrons. The van der Waals surface area contributed by atoms with Crippen LogP contribution in [0, 0.1) is 5.92 Å². The minimum absolute atomic E-state index is 0.238. The number of alkyl halides is 2. The fourth-order valence-corrected chi connectivity index (χ4v) is 3.06. The van der Waals surface area contributed by atoms with Crippen LogP contribution in [0.1, 0.15) is 12.8 Å². The van der Waals surface area contributed by atoms with E-state index in [1.54, 1.807) is 0 Å². The summed E-state index contributed by atoms with van der Waals surface area (Å²) in [5.41, 5.74) is 5.60. The molecule has 0 aromatic heterocycles. The third-order valence-electron chi connectivity index (χ3n) is 4.59. The molecule has 8 nitrogen and oxygen atoms in total. The lowest BCUT2D eigenvalue weighted by molar-refractivity contribution is -0.141. The van der Waals surface area contributed by atoms with E-state index in [1.165, 1.54) is 19.5 Å². The first-order chi connectivity index (χ1) is 11.2. The molecule has 3 aliphatic rings. The number of nitrogens with two attached hydrogens (primary N) is 1. The Balaban J connectivity index is 0.000000175. The number of carboxylic acid groups (broad SMARTS) is 2. The highest BCUT2D eigenvalue weighted by Gasteiger charge is 2.50. The molecule has 2 atom stereocenters. The molecule has 0 spiro atoms. The number of aliphatic carboxylic acids is 1. The van der Waals surface area contributed by atoms with Gasteiger partial charge in [-0.1, -0.05) is 0 Å². The molecule has 1 amide bonds. The van der Waals surface area contributed by atoms with Gasteiger partial charge in [0.2, 0.25) is 0 Å². The molecule has 3 aliphatic heterocycles. The minimum Gasteiger partial charge on any atom is -0.480 e. The van der Waals surface area contributed by atoms with Crippen LogP contribution in [0.5, 0.6) is 0 Å². The molecule has 0 radical (unpaired) electrons. The smallest absolute Gasteiger partial charge is 0.408 e. The van der Waals surface area contributed by atoms with Crippen LogP contribution in [0.15, 0.2) is 0 Å². The van der Waals surface area contributed by atoms with Crippen LogP contribution < -0.4 is 5.73 Å². The van der Waals surface area contributed by atoms with Crippen LogP contribution in [0.25, 0.3) is 0 Å². The molecule has 0 aliphatic carbocycles. The third kappa shape index (κ3) is 4.52. The zero-order chi connectivity index (χ0) is 17.9. The first-order valence-corrected chi connectivity index (χ1v) is 7.85. The van der Waals surface area contributed by atoms with Crippen molar-refractivity contribution in [3.8, 4) is 0 Å². The lowest BCUT2D eigenvalue weighted by Gasteiger charge is -2.34. The van der Waals surface area contributed by atoms with E-state index in [-0.39, 0.29) is 4.90 Å². The third-order valence-corrected chi connectivity index (χ3v) is 4.59. The van der Waals surface area contributed by atoms with Crippen molar-refractivity contribution in [2.24, 2.45) is 11.7 Å². The standard InChI is InChI=1S/C8H16N2O.C6H7F2NO4/c9-3-7-1-2-10(4-7)8-5-11-6-8;7-6(8)1-3(4(10)11)9(2-6)5(12)13/h7-8H,1-6,9H2;3H,1-2H2,(H,10,11)(H,12,13)/t7-;3-/m00/s1. The molecule has 0 unspecified atom stereocenters. The number of amides is 1. The average molecular weight is 351 g/mol. The van der Waals surface area contributed by atoms with Gasteiger partial charge >= 0.3 is 12.1 Å². The van der Waals surface area contributed by atoms with Crippen molar-refractivity contribution in [2.75, 3.05) is 39.4 Å². The van der Waals surface area contributed by atoms with E-state index in [0.717, 1.165) is 25.7 Å². The Bertz CT molecular complexity index is 451. The van der Waals surface area contributed by atoms with Crippen molar-refractivity contribution < 1.29 is 33.3 Å². The van der Waals surface area contributed by atoms with Crippen LogP contribution in [0.2, 0.25) is 0 Å². The summed E-state index contributed by atoms with van der Waals surface area (Å²) in [4.78, 5) is 23.5. The Labute approximate surface area is 138 Å². The Morgan fingerprint density at radius 1 is 1.29 bits per heavy atom. The van der Waals surface area contributed by atoms with Crippen molar-refractivity contribution in [2.45, 2.75) is 30.8 Å². The van der Waals surface area contributed by atoms with Gasteiger partial charge < -0.3 is 20.7 Å². The van der Waals surface area contributed by atoms with Crippen molar-refractivity contribution in [3.05, 3.63) is 0 Å². The molecular weight excluding hydrogens is 328 g/mol. The largest absolute Gasteiger partial charge is 0.480 e. The molecular formula is C14H23F2N3O5. The summed E-state index contributed by atoms with van der Waals surface area (Å²) in [5.74, 6) is -4.03. The van der Waals surface area contributed by atoms with E-state index in [1.807, 2.05) is 0 Å². The number of carboxylic acids is 1. The van der Waals surface area contributed by atoms with Gasteiger partial charge in [-0.2, -0.15) is 0 Å². The topological polar surface area (TPSA) is 116 Å². The van der Waals surface area contributed by atoms with Crippen LogP contribution in [-0.4, -0.2) is 89.5 Å². The van der Waals surface area contributed by atoms with Crippen molar-refractivity contribution in [1.82, 2.24) is 9.80 Å². The summed E-state index contributed by atoms with van der Waals surface area (Å²) < 4.78 is 30.3. The van der Waals surface area contributed by atoms with Crippen molar-refractivity contribution in [1.29, 1.82) is 0 Å². The van der Waals surface area contributed by atoms with Crippen LogP contribution in [0.4, 0.5) is 13.6 Å². The molecule has 4 N–H and O–H groups in total. The highest BCUT2D eigenvalue weighted by molar-refractivity contribution is 5.80. The lowest BCUT2D eigenvalue weighted by atomic mass is 10.1. The zero-order valence-electron chi connectivity index (χ0n) is 13.2. The molecule has 24 heavy (non-hydrogen) atoms. The number of nitrogens with zero attached hydrogens (tertiary/aromatic N) is 2. The maximum Gasteiger partial charge on any atom is 0.408 e. The van der Waals surface area contributed by atoms with Gasteiger partial charge in [0.15, 0.2) is 0 Å². The molecule has 3 saturated heterocycles. The number of carbonyl (C=O) groups is 2. The van der Waals surface area contributed by atoms with E-state index >= 15 is 0 Å². The van der Waals surface area contributed by atoms with E-state index in [0.29, 0.717) is 6.04 Å². The summed E-state index contributed by atoms with van der Waals surface area (Å²) in [5, 5.41) is 16.8. The van der Waals surface area contributed by atoms with Gasteiger partial charge in [-0.15, -0.1) is 0 Å². The number of rotatable bonds is 3. The monoisotopic (exact) mass is 351 g/mol. The maximum absolute atomic E-state index is 12.6. The van der Waals surface area contributed by atoms with E-state index in [4.69, 9.17) is 20.7 Å². The first-order valence-electron chi connectivity index (χ1n) is 7.85. The Morgan fingerprint density at radius 2 is 1.96 bits per heavy atom. The molecule has 3 heterocycles. The highest BCUT2D eigenvalue weighted by Crippen LogP contribution is 2.31. The number of hydrogen-bond donors (Lipinski definition) is 3. The van der Waals surface area contributed by atoms with E-state index in [2.05, 4.69) is 4.90 Å². The maximum atomic E-state index is 12.6. The van der Waals surface area contributed by atoms with Gasteiger partial charge in [0.1, 0.15) is 6.04 Å². The van der Waals surface area contributed by atoms with Gasteiger partial charge in [-0.25, -0.2) is 18.4 Å². The summed E-state index contributed by atoms with van der Waals surface area (Å²) >= 11 is 0. The molecule has 0 aromatic carbocycles. The predicted octanol–water partition coefficient (Wildman–Crippen LogP) is 0.124. The lowest BCUT2D eigenvalue weighted by Crippen LogP contribution is -2.48. The molecule has 0 aromatic rings. The van der Waals surface area contributed by atoms with Gasteiger partial charge in [0, 0.05) is 13.0 Å². The fourth-order valence-electron chi connectivity index (χ4n) is 3.06. The second kappa shape index (κ2) is 7.58. The molecule has 3 rings (SSSR count). The van der Waals surface area contributed by atoms with Crippen molar-refractivity contribution >= 4 is 12.1 Å². The predicted molar refractivity (Wildman–Crippen MR) is 79.1 cm³/mol. The summed E-state index contributed by atoms with van der Waals surface area (Å²) in [7, 11) is 0. The number of halogens is 2. The minimum atomic E-state index is -3.23. The van der Waals surface area contributed by atoms with Crippen LogP contribution in [-0.2, 0) is 9.53 Å². The summed E-state index contributed by atoms with van der Waals surface area (Å²) in [6.07, 6.45) is -1.30. The molecule has 0 saturated carbocycles. The Kier molecular flexibility index (Phi) is 5.94. The zero-order valence-corrected chi connectivity index (χ0v) is 13.2. The van der Waals surface area contributed by atoms with Gasteiger partial charge in [-0.05, 0) is 25.4 Å². The van der Waals surface area contributed by atoms with E-state index in [9.17, 15) is 18.4 Å². The fraction of sp³-hybridized carbons (Fsp3) is 0.857. The van der Waals surface area contributed by atoms with Crippen LogP contribution in [0.3, 0.4) is 0 Å². The summed E-state index contributed by atoms with van der Waals surface area (Å²) in [6.45, 7) is 4.12. The van der Waals surface area contributed by atoms with Gasteiger partial charge in [-0.3, -0.25) is 9.80 Å². The Morgan fingerprint density at radius 3 is 2.33 bits per heavy atom. The second-order valence-corrected chi connectivity index (χ2v) is 6.40. The number of hydrogen-bond acceptors (Lipinski definition) is 5. The normalized spacial score (nSPS) is 29.7. The van der Waals surface area contributed by atoms with Crippen LogP contribution >= 0.6 is 0 Å². The quantitative estimate of drug-likeness (QED) is 0.661. The van der Waals surface area contributed by atoms with Gasteiger partial charge in [0.25, 0.3) is 5.92 Å². The first kappa shape index (κ1) is 18.8. The Hall–Kier alpha value is -1.52. The average Bonchev–Trinajstić information content (AvgIpc) is 3.01. The number of ether oxygens (including phenoxy) is 1. The van der Waals surface area contributed by atoms with Crippen molar-refractivity contribution in [3.63, 3.8) is 0 Å². The second-order valence-electron chi connectivity index (χ2n) is 6.40. The molecule has 10 heteroatoms. The van der Waals surface area contributed by atoms with Gasteiger partial charge in [0.05, 0.1) is 25.8 Å². The number of likely N-dealkylation sites (tertiary alicyclic amines) is 2. The highest BCUT2D eigenvalue weighted by atomic mass is 19.3. The summed E-state index contributed by atoms with van der Waals surface area (Å²) in [6, 6.07) is -0.918.